The van der Waals surface area contributed by atoms with Gasteiger partial charge in [0.15, 0.2) is 0 Å². The molecular formula is C21H25N3O3. The van der Waals surface area contributed by atoms with E-state index >= 15 is 0 Å². The van der Waals surface area contributed by atoms with Crippen molar-refractivity contribution >= 4 is 16.8 Å². The van der Waals surface area contributed by atoms with Crippen LogP contribution >= 0.6 is 0 Å². The highest BCUT2D eigenvalue weighted by molar-refractivity contribution is 5.98. The van der Waals surface area contributed by atoms with Crippen molar-refractivity contribution in [2.24, 2.45) is 14.1 Å². The molecule has 3 aromatic rings. The molecule has 0 radical (unpaired) electrons. The van der Waals surface area contributed by atoms with Crippen LogP contribution in [0.4, 0.5) is 0 Å². The van der Waals surface area contributed by atoms with Crippen LogP contribution < -0.4 is 15.6 Å². The fourth-order valence-corrected chi connectivity index (χ4v) is 2.96. The molecule has 142 valence electrons. The molecule has 0 saturated carbocycles. The van der Waals surface area contributed by atoms with Crippen LogP contribution in [0.15, 0.2) is 47.4 Å². The van der Waals surface area contributed by atoms with E-state index in [1.807, 2.05) is 30.3 Å². The second-order valence-electron chi connectivity index (χ2n) is 6.65. The maximum atomic E-state index is 12.6. The number of hydrogen-bond acceptors (Lipinski definition) is 3. The fraction of sp³-hybridized carbons (Fsp3) is 0.333. The molecule has 0 aliphatic rings. The van der Waals surface area contributed by atoms with Crippen LogP contribution in [0, 0.1) is 0 Å². The fourth-order valence-electron chi connectivity index (χ4n) is 2.96. The lowest BCUT2D eigenvalue weighted by atomic mass is 10.2. The number of nitrogens with one attached hydrogen (secondary N) is 1. The summed E-state index contributed by atoms with van der Waals surface area (Å²) in [6.07, 6.45) is 3.84. The van der Waals surface area contributed by atoms with Crippen LogP contribution in [0.2, 0.25) is 0 Å². The van der Waals surface area contributed by atoms with Crippen LogP contribution in [0.1, 0.15) is 35.8 Å². The Hall–Kier alpha value is -3.02. The predicted molar refractivity (Wildman–Crippen MR) is 106 cm³/mol. The summed E-state index contributed by atoms with van der Waals surface area (Å²) in [5, 5.41) is 3.46. The lowest BCUT2D eigenvalue weighted by Crippen LogP contribution is -2.24. The Morgan fingerprint density at radius 1 is 1.15 bits per heavy atom. The Kier molecular flexibility index (Phi) is 5.64. The summed E-state index contributed by atoms with van der Waals surface area (Å²) in [6.45, 7) is 3.25. The molecule has 0 bridgehead atoms. The van der Waals surface area contributed by atoms with Crippen LogP contribution in [0.25, 0.3) is 10.9 Å². The molecule has 6 nitrogen and oxygen atoms in total. The van der Waals surface area contributed by atoms with Gasteiger partial charge in [0, 0.05) is 26.8 Å². The van der Waals surface area contributed by atoms with Crippen molar-refractivity contribution in [1.82, 2.24) is 14.5 Å². The van der Waals surface area contributed by atoms with Crippen LogP contribution in [0.3, 0.4) is 0 Å². The van der Waals surface area contributed by atoms with Crippen molar-refractivity contribution < 1.29 is 9.53 Å². The number of unbranched alkanes of at least 4 members (excludes halogenated alkanes) is 1. The lowest BCUT2D eigenvalue weighted by Gasteiger charge is -2.08. The van der Waals surface area contributed by atoms with E-state index in [9.17, 15) is 9.59 Å². The topological polar surface area (TPSA) is 65.3 Å². The zero-order chi connectivity index (χ0) is 19.4. The molecule has 2 aromatic heterocycles. The molecule has 0 unspecified atom stereocenters. The van der Waals surface area contributed by atoms with E-state index in [0.717, 1.165) is 29.7 Å². The van der Waals surface area contributed by atoms with Crippen LogP contribution in [0.5, 0.6) is 5.75 Å². The van der Waals surface area contributed by atoms with Gasteiger partial charge in [-0.2, -0.15) is 0 Å². The molecular weight excluding hydrogens is 342 g/mol. The smallest absolute Gasteiger partial charge is 0.268 e. The van der Waals surface area contributed by atoms with Gasteiger partial charge >= 0.3 is 0 Å². The third-order valence-electron chi connectivity index (χ3n) is 4.66. The minimum absolute atomic E-state index is 0.110. The maximum absolute atomic E-state index is 12.6. The quantitative estimate of drug-likeness (QED) is 0.653. The number of ether oxygens (including phenoxy) is 1. The van der Waals surface area contributed by atoms with E-state index < -0.39 is 0 Å². The highest BCUT2D eigenvalue weighted by Gasteiger charge is 2.15. The number of benzene rings is 1. The van der Waals surface area contributed by atoms with Gasteiger partial charge in [-0.3, -0.25) is 9.59 Å². The molecule has 27 heavy (non-hydrogen) atoms. The largest absolute Gasteiger partial charge is 0.494 e. The number of carbonyl (C=O) groups excluding carboxylic acids is 1. The minimum Gasteiger partial charge on any atom is -0.494 e. The molecule has 3 rings (SSSR count). The van der Waals surface area contributed by atoms with E-state index in [1.165, 1.54) is 4.57 Å². The summed E-state index contributed by atoms with van der Waals surface area (Å²) >= 11 is 0. The molecule has 6 heteroatoms. The Labute approximate surface area is 158 Å². The first-order chi connectivity index (χ1) is 13.0. The molecule has 0 aliphatic carbocycles. The zero-order valence-electron chi connectivity index (χ0n) is 16.0. The average molecular weight is 367 g/mol. The second-order valence-corrected chi connectivity index (χ2v) is 6.65. The van der Waals surface area contributed by atoms with Gasteiger partial charge in [-0.05, 0) is 36.2 Å². The molecule has 1 aromatic carbocycles. The van der Waals surface area contributed by atoms with Crippen LogP contribution in [-0.4, -0.2) is 21.6 Å². The molecule has 0 aliphatic heterocycles. The highest BCUT2D eigenvalue weighted by atomic mass is 16.5. The first-order valence-corrected chi connectivity index (χ1v) is 9.16. The van der Waals surface area contributed by atoms with E-state index in [1.54, 1.807) is 30.9 Å². The van der Waals surface area contributed by atoms with Gasteiger partial charge in [-0.25, -0.2) is 0 Å². The van der Waals surface area contributed by atoms with Crippen molar-refractivity contribution in [2.45, 2.75) is 26.3 Å². The lowest BCUT2D eigenvalue weighted by molar-refractivity contribution is 0.0943. The Morgan fingerprint density at radius 2 is 1.89 bits per heavy atom. The number of pyridine rings is 1. The van der Waals surface area contributed by atoms with Gasteiger partial charge in [0.2, 0.25) is 0 Å². The van der Waals surface area contributed by atoms with E-state index in [4.69, 9.17) is 4.74 Å². The molecule has 0 fully saturated rings. The average Bonchev–Trinajstić information content (AvgIpc) is 3.01. The summed E-state index contributed by atoms with van der Waals surface area (Å²) < 4.78 is 8.90. The summed E-state index contributed by atoms with van der Waals surface area (Å²) in [7, 11) is 3.49. The minimum atomic E-state index is -0.209. The summed E-state index contributed by atoms with van der Waals surface area (Å²) in [6, 6.07) is 11.2. The van der Waals surface area contributed by atoms with Crippen molar-refractivity contribution in [3.63, 3.8) is 0 Å². The number of nitrogens with zero attached hydrogens (tertiary/aromatic N) is 2. The van der Waals surface area contributed by atoms with Gasteiger partial charge in [0.05, 0.1) is 17.5 Å². The SMILES string of the molecule is CCCCOc1ccc(CNC(=O)c2cc3c(=O)n(C)ccc3n2C)cc1. The number of carbonyl (C=O) groups is 1. The summed E-state index contributed by atoms with van der Waals surface area (Å²) in [5.74, 6) is 0.627. The Balaban J connectivity index is 1.67. The van der Waals surface area contributed by atoms with Crippen molar-refractivity contribution in [2.75, 3.05) is 6.61 Å². The third kappa shape index (κ3) is 4.05. The number of amides is 1. The van der Waals surface area contributed by atoms with Gasteiger partial charge in [-0.1, -0.05) is 25.5 Å². The first kappa shape index (κ1) is 18.8. The van der Waals surface area contributed by atoms with Crippen molar-refractivity contribution in [3.8, 4) is 5.75 Å². The van der Waals surface area contributed by atoms with Gasteiger partial charge in [0.1, 0.15) is 11.4 Å². The maximum Gasteiger partial charge on any atom is 0.268 e. The third-order valence-corrected chi connectivity index (χ3v) is 4.66. The zero-order valence-corrected chi connectivity index (χ0v) is 16.0. The predicted octanol–water partition coefficient (Wildman–Crippen LogP) is 2.99. The number of fused-ring (bicyclic) bond motifs is 1. The van der Waals surface area contributed by atoms with E-state index in [-0.39, 0.29) is 11.5 Å². The molecule has 2 heterocycles. The highest BCUT2D eigenvalue weighted by Crippen LogP contribution is 2.16. The normalized spacial score (nSPS) is 10.9. The van der Waals surface area contributed by atoms with Crippen molar-refractivity contribution in [1.29, 1.82) is 0 Å². The number of aromatic nitrogens is 2. The molecule has 0 spiro atoms. The Bertz CT molecular complexity index is 1000. The molecule has 0 atom stereocenters. The van der Waals surface area contributed by atoms with Crippen LogP contribution in [-0.2, 0) is 20.6 Å². The number of hydrogen-bond donors (Lipinski definition) is 1. The Morgan fingerprint density at radius 3 is 2.59 bits per heavy atom. The number of aryl methyl sites for hydroxylation is 2. The van der Waals surface area contributed by atoms with Gasteiger partial charge < -0.3 is 19.2 Å². The van der Waals surface area contributed by atoms with Gasteiger partial charge in [0.25, 0.3) is 11.5 Å². The molecule has 0 saturated heterocycles. The van der Waals surface area contributed by atoms with E-state index in [0.29, 0.717) is 24.2 Å². The standard InChI is InChI=1S/C21H25N3O3/c1-4-5-12-27-16-8-6-15(7-9-16)14-22-20(25)19-13-17-18(24(19)3)10-11-23(2)21(17)26/h6-11,13H,4-5,12,14H2,1-3H3,(H,22,25). The van der Waals surface area contributed by atoms with Gasteiger partial charge in [-0.15, -0.1) is 0 Å². The molecule has 1 N–H and O–H groups in total. The summed E-state index contributed by atoms with van der Waals surface area (Å²) in [5.41, 5.74) is 2.09. The summed E-state index contributed by atoms with van der Waals surface area (Å²) in [4.78, 5) is 24.8. The number of rotatable bonds is 7. The molecule has 1 amide bonds. The van der Waals surface area contributed by atoms with E-state index in [2.05, 4.69) is 12.2 Å². The monoisotopic (exact) mass is 367 g/mol. The van der Waals surface area contributed by atoms with Crippen molar-refractivity contribution in [3.05, 3.63) is 64.2 Å². The first-order valence-electron chi connectivity index (χ1n) is 9.16. The second kappa shape index (κ2) is 8.12.